The Morgan fingerprint density at radius 2 is 2.27 bits per heavy atom. The quantitative estimate of drug-likeness (QED) is 0.436. The van der Waals surface area contributed by atoms with E-state index in [1.54, 1.807) is 18.2 Å². The zero-order valence-electron chi connectivity index (χ0n) is 8.21. The van der Waals surface area contributed by atoms with Crippen LogP contribution in [0.4, 0.5) is 0 Å². The lowest BCUT2D eigenvalue weighted by atomic mass is 10.1. The van der Waals surface area contributed by atoms with Crippen molar-refractivity contribution in [1.82, 2.24) is 0 Å². The molecule has 0 atom stereocenters. The number of carbonyl (C=O) groups is 2. The van der Waals surface area contributed by atoms with Gasteiger partial charge in [0.25, 0.3) is 0 Å². The number of aldehydes is 1. The van der Waals surface area contributed by atoms with Crippen LogP contribution in [0, 0.1) is 11.8 Å². The average Bonchev–Trinajstić information content (AvgIpc) is 2.20. The number of Topliss-reactive ketones (excluding diaryl/α,β-unsaturated/α-hetero) is 1. The molecule has 0 aliphatic heterocycles. The van der Waals surface area contributed by atoms with Crippen molar-refractivity contribution < 1.29 is 9.59 Å². The predicted octanol–water partition coefficient (Wildman–Crippen LogP) is 2.48. The molecule has 1 rings (SSSR count). The Hall–Kier alpha value is -1.59. The van der Waals surface area contributed by atoms with Crippen LogP contribution in [0.1, 0.15) is 29.3 Å². The van der Waals surface area contributed by atoms with E-state index in [-0.39, 0.29) is 12.2 Å². The molecule has 3 heteroatoms. The Morgan fingerprint density at radius 1 is 1.53 bits per heavy atom. The van der Waals surface area contributed by atoms with Gasteiger partial charge in [-0.2, -0.15) is 0 Å². The highest BCUT2D eigenvalue weighted by Gasteiger charge is 2.02. The predicted molar refractivity (Wildman–Crippen MR) is 59.0 cm³/mol. The van der Waals surface area contributed by atoms with Crippen molar-refractivity contribution in [3.63, 3.8) is 0 Å². The zero-order chi connectivity index (χ0) is 11.3. The molecule has 1 aromatic rings. The minimum absolute atomic E-state index is 0.0377. The molecule has 0 radical (unpaired) electrons. The van der Waals surface area contributed by atoms with Gasteiger partial charge in [-0.15, -0.1) is 0 Å². The normalized spacial score (nSPS) is 8.93. The molecule has 0 bridgehead atoms. The van der Waals surface area contributed by atoms with Gasteiger partial charge >= 0.3 is 0 Å². The molecule has 0 heterocycles. The summed E-state index contributed by atoms with van der Waals surface area (Å²) in [6.07, 6.45) is 0.912. The SMILES string of the molecule is CC(=O)c1ccc(C#CCC=O)c(Cl)c1. The first-order chi connectivity index (χ1) is 7.15. The van der Waals surface area contributed by atoms with Crippen LogP contribution >= 0.6 is 11.6 Å². The zero-order valence-corrected chi connectivity index (χ0v) is 8.97. The smallest absolute Gasteiger partial charge is 0.159 e. The van der Waals surface area contributed by atoms with Crippen molar-refractivity contribution in [1.29, 1.82) is 0 Å². The summed E-state index contributed by atoms with van der Waals surface area (Å²) in [7, 11) is 0. The summed E-state index contributed by atoms with van der Waals surface area (Å²) in [5.41, 5.74) is 1.18. The maximum atomic E-state index is 11.0. The Bertz CT molecular complexity index is 452. The molecule has 0 aliphatic carbocycles. The number of ketones is 1. The molecule has 0 amide bonds. The Kier molecular flexibility index (Phi) is 4.08. The Labute approximate surface area is 93.2 Å². The van der Waals surface area contributed by atoms with Crippen molar-refractivity contribution in [2.45, 2.75) is 13.3 Å². The van der Waals surface area contributed by atoms with Crippen LogP contribution in [0.15, 0.2) is 18.2 Å². The van der Waals surface area contributed by atoms with Gasteiger partial charge < -0.3 is 4.79 Å². The lowest BCUT2D eigenvalue weighted by molar-refractivity contribution is -0.107. The first-order valence-corrected chi connectivity index (χ1v) is 4.76. The number of carbonyl (C=O) groups excluding carboxylic acids is 2. The fraction of sp³-hybridized carbons (Fsp3) is 0.167. The molecule has 76 valence electrons. The molecule has 0 aromatic heterocycles. The van der Waals surface area contributed by atoms with E-state index in [0.717, 1.165) is 6.29 Å². The van der Waals surface area contributed by atoms with Gasteiger partial charge in [0.15, 0.2) is 5.78 Å². The molecule has 0 fully saturated rings. The molecule has 0 saturated heterocycles. The fourth-order valence-corrected chi connectivity index (χ4v) is 1.25. The molecule has 15 heavy (non-hydrogen) atoms. The molecule has 0 N–H and O–H groups in total. The summed E-state index contributed by atoms with van der Waals surface area (Å²) in [6.45, 7) is 1.48. The van der Waals surface area contributed by atoms with Crippen molar-refractivity contribution in [2.24, 2.45) is 0 Å². The first-order valence-electron chi connectivity index (χ1n) is 4.38. The number of halogens is 1. The van der Waals surface area contributed by atoms with Gasteiger partial charge in [-0.05, 0) is 19.1 Å². The lowest BCUT2D eigenvalue weighted by Crippen LogP contribution is -1.92. The van der Waals surface area contributed by atoms with Crippen molar-refractivity contribution in [3.8, 4) is 11.8 Å². The average molecular weight is 221 g/mol. The second kappa shape index (κ2) is 5.33. The van der Waals surface area contributed by atoms with Crippen LogP contribution in [0.25, 0.3) is 0 Å². The van der Waals surface area contributed by atoms with E-state index in [1.807, 2.05) is 0 Å². The van der Waals surface area contributed by atoms with E-state index in [4.69, 9.17) is 11.6 Å². The third kappa shape index (κ3) is 3.23. The van der Waals surface area contributed by atoms with E-state index in [0.29, 0.717) is 16.1 Å². The summed E-state index contributed by atoms with van der Waals surface area (Å²) < 4.78 is 0. The Morgan fingerprint density at radius 3 is 2.80 bits per heavy atom. The molecular weight excluding hydrogens is 212 g/mol. The van der Waals surface area contributed by atoms with Crippen LogP contribution in [0.2, 0.25) is 5.02 Å². The molecule has 0 unspecified atom stereocenters. The third-order valence-electron chi connectivity index (χ3n) is 1.78. The largest absolute Gasteiger partial charge is 0.302 e. The standard InChI is InChI=1S/C12H9ClO2/c1-9(15)11-6-5-10(12(13)8-11)4-2-3-7-14/h5-8H,3H2,1H3. The van der Waals surface area contributed by atoms with E-state index in [2.05, 4.69) is 11.8 Å². The minimum atomic E-state index is -0.0377. The van der Waals surface area contributed by atoms with Crippen LogP contribution in [0.3, 0.4) is 0 Å². The molecule has 0 saturated carbocycles. The van der Waals surface area contributed by atoms with E-state index in [1.165, 1.54) is 6.92 Å². The molecule has 2 nitrogen and oxygen atoms in total. The van der Waals surface area contributed by atoms with Crippen molar-refractivity contribution in [3.05, 3.63) is 34.3 Å². The molecular formula is C12H9ClO2. The molecule has 0 spiro atoms. The summed E-state index contributed by atoms with van der Waals surface area (Å²) in [4.78, 5) is 21.1. The molecule has 0 aliphatic rings. The van der Waals surface area contributed by atoms with Gasteiger partial charge in [0.1, 0.15) is 6.29 Å². The lowest BCUT2D eigenvalue weighted by Gasteiger charge is -1.98. The van der Waals surface area contributed by atoms with Crippen molar-refractivity contribution >= 4 is 23.7 Å². The first kappa shape index (κ1) is 11.5. The number of benzene rings is 1. The topological polar surface area (TPSA) is 34.1 Å². The number of hydrogen-bond acceptors (Lipinski definition) is 2. The van der Waals surface area contributed by atoms with Gasteiger partial charge in [0.2, 0.25) is 0 Å². The fourth-order valence-electron chi connectivity index (χ4n) is 1.02. The van der Waals surface area contributed by atoms with Crippen LogP contribution in [-0.4, -0.2) is 12.1 Å². The van der Waals surface area contributed by atoms with Gasteiger partial charge in [-0.1, -0.05) is 29.5 Å². The van der Waals surface area contributed by atoms with Gasteiger partial charge in [0, 0.05) is 11.1 Å². The number of hydrogen-bond donors (Lipinski definition) is 0. The maximum Gasteiger partial charge on any atom is 0.159 e. The summed E-state index contributed by atoms with van der Waals surface area (Å²) in [5, 5.41) is 0.432. The highest BCUT2D eigenvalue weighted by Crippen LogP contribution is 2.17. The molecule has 1 aromatic carbocycles. The van der Waals surface area contributed by atoms with Gasteiger partial charge in [0.05, 0.1) is 11.4 Å². The van der Waals surface area contributed by atoms with Crippen molar-refractivity contribution in [2.75, 3.05) is 0 Å². The maximum absolute atomic E-state index is 11.0. The monoisotopic (exact) mass is 220 g/mol. The van der Waals surface area contributed by atoms with Crippen LogP contribution < -0.4 is 0 Å². The van der Waals surface area contributed by atoms with Gasteiger partial charge in [-0.25, -0.2) is 0 Å². The van der Waals surface area contributed by atoms with Gasteiger partial charge in [-0.3, -0.25) is 4.79 Å². The Balaban J connectivity index is 2.99. The van der Waals surface area contributed by atoms with E-state index >= 15 is 0 Å². The summed E-state index contributed by atoms with van der Waals surface area (Å²) in [6, 6.07) is 4.92. The summed E-state index contributed by atoms with van der Waals surface area (Å²) >= 11 is 5.91. The third-order valence-corrected chi connectivity index (χ3v) is 2.10. The van der Waals surface area contributed by atoms with E-state index < -0.39 is 0 Å². The summed E-state index contributed by atoms with van der Waals surface area (Å²) in [5.74, 6) is 5.37. The number of rotatable bonds is 2. The highest BCUT2D eigenvalue weighted by atomic mass is 35.5. The van der Waals surface area contributed by atoms with E-state index in [9.17, 15) is 9.59 Å². The van der Waals surface area contributed by atoms with Crippen LogP contribution in [0.5, 0.6) is 0 Å². The second-order valence-electron chi connectivity index (χ2n) is 2.92. The minimum Gasteiger partial charge on any atom is -0.302 e. The second-order valence-corrected chi connectivity index (χ2v) is 3.33. The highest BCUT2D eigenvalue weighted by molar-refractivity contribution is 6.32. The van der Waals surface area contributed by atoms with Crippen LogP contribution in [-0.2, 0) is 4.79 Å².